The van der Waals surface area contributed by atoms with Crippen molar-refractivity contribution in [1.82, 2.24) is 14.7 Å². The van der Waals surface area contributed by atoms with Gasteiger partial charge in [0, 0.05) is 26.8 Å². The summed E-state index contributed by atoms with van der Waals surface area (Å²) in [6.07, 6.45) is 3.14. The van der Waals surface area contributed by atoms with Crippen molar-refractivity contribution in [1.29, 1.82) is 0 Å². The van der Waals surface area contributed by atoms with Crippen LogP contribution in [0.25, 0.3) is 0 Å². The Labute approximate surface area is 107 Å². The van der Waals surface area contributed by atoms with Crippen molar-refractivity contribution in [3.63, 3.8) is 0 Å². The minimum atomic E-state index is -3.57. The zero-order valence-electron chi connectivity index (χ0n) is 10.7. The standard InChI is InChI=1S/C10H18N4O3S/c1-8(4-5-17-3)14-18(15,16)9-6-12-10(11-2)13-7-9/h6-8,14H,4-5H2,1-3H3,(H,11,12,13). The van der Waals surface area contributed by atoms with Gasteiger partial charge in [-0.1, -0.05) is 0 Å². The van der Waals surface area contributed by atoms with Crippen LogP contribution in [0.5, 0.6) is 0 Å². The number of hydrogen-bond acceptors (Lipinski definition) is 6. The average Bonchev–Trinajstić information content (AvgIpc) is 2.36. The van der Waals surface area contributed by atoms with Crippen LogP contribution in [0.3, 0.4) is 0 Å². The first-order chi connectivity index (χ1) is 8.49. The van der Waals surface area contributed by atoms with Crippen LogP contribution in [-0.4, -0.2) is 45.2 Å². The van der Waals surface area contributed by atoms with Crippen LogP contribution in [0.1, 0.15) is 13.3 Å². The molecule has 0 aliphatic carbocycles. The van der Waals surface area contributed by atoms with Crippen LogP contribution in [-0.2, 0) is 14.8 Å². The van der Waals surface area contributed by atoms with E-state index in [1.165, 1.54) is 12.4 Å². The fourth-order valence-corrected chi connectivity index (χ4v) is 2.44. The fourth-order valence-electron chi connectivity index (χ4n) is 1.27. The monoisotopic (exact) mass is 274 g/mol. The third-order valence-electron chi connectivity index (χ3n) is 2.27. The van der Waals surface area contributed by atoms with Crippen LogP contribution in [0, 0.1) is 0 Å². The van der Waals surface area contributed by atoms with Crippen molar-refractivity contribution in [2.75, 3.05) is 26.1 Å². The Hall–Kier alpha value is -1.25. The van der Waals surface area contributed by atoms with E-state index in [1.54, 1.807) is 21.1 Å². The molecule has 1 heterocycles. The number of rotatable bonds is 7. The maximum atomic E-state index is 12.0. The first-order valence-electron chi connectivity index (χ1n) is 5.50. The summed E-state index contributed by atoms with van der Waals surface area (Å²) >= 11 is 0. The minimum absolute atomic E-state index is 0.0470. The smallest absolute Gasteiger partial charge is 0.243 e. The molecule has 0 radical (unpaired) electrons. The van der Waals surface area contributed by atoms with Gasteiger partial charge in [0.1, 0.15) is 4.90 Å². The van der Waals surface area contributed by atoms with Gasteiger partial charge in [0.15, 0.2) is 0 Å². The SMILES string of the molecule is CNc1ncc(S(=O)(=O)NC(C)CCOC)cn1. The summed E-state index contributed by atoms with van der Waals surface area (Å²) < 4.78 is 31.3. The first kappa shape index (κ1) is 14.8. The summed E-state index contributed by atoms with van der Waals surface area (Å²) in [5.41, 5.74) is 0. The number of nitrogens with zero attached hydrogens (tertiary/aromatic N) is 2. The maximum Gasteiger partial charge on any atom is 0.243 e. The molecule has 0 aliphatic rings. The molecule has 1 rings (SSSR count). The summed E-state index contributed by atoms with van der Waals surface area (Å²) in [6.45, 7) is 2.28. The van der Waals surface area contributed by atoms with Gasteiger partial charge in [-0.05, 0) is 13.3 Å². The molecule has 1 atom stereocenters. The Balaban J connectivity index is 2.73. The number of methoxy groups -OCH3 is 1. The first-order valence-corrected chi connectivity index (χ1v) is 6.99. The molecular formula is C10H18N4O3S. The zero-order valence-corrected chi connectivity index (χ0v) is 11.5. The molecule has 8 heteroatoms. The van der Waals surface area contributed by atoms with E-state index in [9.17, 15) is 8.42 Å². The highest BCUT2D eigenvalue weighted by Crippen LogP contribution is 2.08. The molecule has 0 amide bonds. The molecule has 1 unspecified atom stereocenters. The van der Waals surface area contributed by atoms with E-state index in [-0.39, 0.29) is 10.9 Å². The second kappa shape index (κ2) is 6.62. The Morgan fingerprint density at radius 1 is 1.39 bits per heavy atom. The third-order valence-corrected chi connectivity index (χ3v) is 3.82. The van der Waals surface area contributed by atoms with E-state index in [2.05, 4.69) is 20.0 Å². The van der Waals surface area contributed by atoms with Gasteiger partial charge in [-0.15, -0.1) is 0 Å². The molecule has 7 nitrogen and oxygen atoms in total. The van der Waals surface area contributed by atoms with Crippen molar-refractivity contribution < 1.29 is 13.2 Å². The van der Waals surface area contributed by atoms with Crippen molar-refractivity contribution in [2.24, 2.45) is 0 Å². The van der Waals surface area contributed by atoms with E-state index in [0.717, 1.165) is 0 Å². The molecule has 0 saturated heterocycles. The van der Waals surface area contributed by atoms with E-state index in [0.29, 0.717) is 19.0 Å². The number of anilines is 1. The fraction of sp³-hybridized carbons (Fsp3) is 0.600. The maximum absolute atomic E-state index is 12.0. The van der Waals surface area contributed by atoms with Crippen LogP contribution < -0.4 is 10.0 Å². The van der Waals surface area contributed by atoms with Crippen LogP contribution in [0.4, 0.5) is 5.95 Å². The largest absolute Gasteiger partial charge is 0.385 e. The number of aromatic nitrogens is 2. The normalized spacial score (nSPS) is 13.3. The number of ether oxygens (including phenoxy) is 1. The van der Waals surface area contributed by atoms with Crippen LogP contribution >= 0.6 is 0 Å². The van der Waals surface area contributed by atoms with Gasteiger partial charge in [0.05, 0.1) is 12.4 Å². The molecule has 0 aromatic carbocycles. The predicted octanol–water partition coefficient (Wildman–Crippen LogP) is 0.222. The predicted molar refractivity (Wildman–Crippen MR) is 67.9 cm³/mol. The Bertz CT molecular complexity index is 461. The molecule has 0 fully saturated rings. The molecule has 2 N–H and O–H groups in total. The molecule has 1 aromatic rings. The van der Waals surface area contributed by atoms with Gasteiger partial charge in [-0.3, -0.25) is 0 Å². The van der Waals surface area contributed by atoms with Gasteiger partial charge < -0.3 is 10.1 Å². The van der Waals surface area contributed by atoms with Gasteiger partial charge in [0.25, 0.3) is 0 Å². The quantitative estimate of drug-likeness (QED) is 0.739. The summed E-state index contributed by atoms with van der Waals surface area (Å²) in [5.74, 6) is 0.376. The lowest BCUT2D eigenvalue weighted by atomic mass is 10.3. The second-order valence-corrected chi connectivity index (χ2v) is 5.51. The van der Waals surface area contributed by atoms with E-state index < -0.39 is 10.0 Å². The second-order valence-electron chi connectivity index (χ2n) is 3.80. The van der Waals surface area contributed by atoms with Crippen LogP contribution in [0.15, 0.2) is 17.3 Å². The zero-order chi connectivity index (χ0) is 13.6. The number of nitrogens with one attached hydrogen (secondary N) is 2. The molecule has 1 aromatic heterocycles. The minimum Gasteiger partial charge on any atom is -0.385 e. The summed E-state index contributed by atoms with van der Waals surface area (Å²) in [4.78, 5) is 7.78. The average molecular weight is 274 g/mol. The van der Waals surface area contributed by atoms with Crippen molar-refractivity contribution >= 4 is 16.0 Å². The van der Waals surface area contributed by atoms with Gasteiger partial charge in [0.2, 0.25) is 16.0 Å². The lowest BCUT2D eigenvalue weighted by Gasteiger charge is -2.13. The number of hydrogen-bond donors (Lipinski definition) is 2. The van der Waals surface area contributed by atoms with Crippen LogP contribution in [0.2, 0.25) is 0 Å². The lowest BCUT2D eigenvalue weighted by molar-refractivity contribution is 0.188. The van der Waals surface area contributed by atoms with E-state index >= 15 is 0 Å². The van der Waals surface area contributed by atoms with Crippen molar-refractivity contribution in [3.05, 3.63) is 12.4 Å². The highest BCUT2D eigenvalue weighted by atomic mass is 32.2. The summed E-state index contributed by atoms with van der Waals surface area (Å²) in [5, 5.41) is 2.72. The summed E-state index contributed by atoms with van der Waals surface area (Å²) in [7, 11) is -0.337. The molecule has 0 saturated carbocycles. The third kappa shape index (κ3) is 4.21. The molecule has 102 valence electrons. The van der Waals surface area contributed by atoms with Gasteiger partial charge in [-0.25, -0.2) is 23.1 Å². The summed E-state index contributed by atoms with van der Waals surface area (Å²) in [6, 6.07) is -0.209. The topological polar surface area (TPSA) is 93.2 Å². The molecule has 0 spiro atoms. The Morgan fingerprint density at radius 3 is 2.50 bits per heavy atom. The highest BCUT2D eigenvalue weighted by Gasteiger charge is 2.18. The Morgan fingerprint density at radius 2 is 2.00 bits per heavy atom. The van der Waals surface area contributed by atoms with E-state index in [4.69, 9.17) is 4.74 Å². The molecular weight excluding hydrogens is 256 g/mol. The highest BCUT2D eigenvalue weighted by molar-refractivity contribution is 7.89. The molecule has 0 aliphatic heterocycles. The van der Waals surface area contributed by atoms with E-state index in [1.807, 2.05) is 0 Å². The van der Waals surface area contributed by atoms with Gasteiger partial charge in [-0.2, -0.15) is 0 Å². The van der Waals surface area contributed by atoms with Crippen molar-refractivity contribution in [2.45, 2.75) is 24.3 Å². The van der Waals surface area contributed by atoms with Gasteiger partial charge >= 0.3 is 0 Å². The molecule has 0 bridgehead atoms. The number of sulfonamides is 1. The van der Waals surface area contributed by atoms with Crippen molar-refractivity contribution in [3.8, 4) is 0 Å². The lowest BCUT2D eigenvalue weighted by Crippen LogP contribution is -2.33. The molecule has 18 heavy (non-hydrogen) atoms. The Kier molecular flexibility index (Phi) is 5.45.